The average molecular weight is 322 g/mol. The predicted molar refractivity (Wildman–Crippen MR) is 82.7 cm³/mol. The zero-order valence-corrected chi connectivity index (χ0v) is 12.4. The fourth-order valence-electron chi connectivity index (χ4n) is 2.86. The lowest BCUT2D eigenvalue weighted by Crippen LogP contribution is -2.31. The number of fused-ring (bicyclic) bond motifs is 1. The van der Waals surface area contributed by atoms with Crippen molar-refractivity contribution in [1.29, 1.82) is 0 Å². The van der Waals surface area contributed by atoms with Crippen LogP contribution in [0.15, 0.2) is 24.3 Å². The van der Waals surface area contributed by atoms with Crippen molar-refractivity contribution >= 4 is 11.6 Å². The third-order valence-corrected chi connectivity index (χ3v) is 4.34. The van der Waals surface area contributed by atoms with Crippen LogP contribution in [0.3, 0.4) is 0 Å². The lowest BCUT2D eigenvalue weighted by Gasteiger charge is -2.28. The topological polar surface area (TPSA) is 93.0 Å². The second kappa shape index (κ2) is 5.59. The van der Waals surface area contributed by atoms with E-state index < -0.39 is 0 Å². The Balaban J connectivity index is 1.97. The van der Waals surface area contributed by atoms with Gasteiger partial charge in [-0.15, -0.1) is 0 Å². The summed E-state index contributed by atoms with van der Waals surface area (Å²) in [7, 11) is 0. The molecule has 0 amide bonds. The van der Waals surface area contributed by atoms with Gasteiger partial charge in [0.1, 0.15) is 0 Å². The Morgan fingerprint density at radius 3 is 2.55 bits per heavy atom. The van der Waals surface area contributed by atoms with Gasteiger partial charge in [-0.05, 0) is 54.3 Å². The Kier molecular flexibility index (Phi) is 3.76. The van der Waals surface area contributed by atoms with Crippen LogP contribution < -0.4 is 5.32 Å². The third kappa shape index (κ3) is 2.53. The van der Waals surface area contributed by atoms with Crippen LogP contribution in [0.1, 0.15) is 22.7 Å². The molecule has 0 fully saturated rings. The summed E-state index contributed by atoms with van der Waals surface area (Å²) in [6.45, 7) is 0.724. The van der Waals surface area contributed by atoms with E-state index in [2.05, 4.69) is 5.32 Å². The smallest absolute Gasteiger partial charge is 0.176 e. The molecule has 2 aromatic rings. The van der Waals surface area contributed by atoms with E-state index >= 15 is 0 Å². The number of rotatable bonds is 2. The van der Waals surface area contributed by atoms with Crippen LogP contribution >= 0.6 is 11.6 Å². The Labute approximate surface area is 132 Å². The monoisotopic (exact) mass is 321 g/mol. The molecule has 0 spiro atoms. The van der Waals surface area contributed by atoms with Gasteiger partial charge in [-0.1, -0.05) is 17.7 Å². The maximum Gasteiger partial charge on any atom is 0.176 e. The summed E-state index contributed by atoms with van der Waals surface area (Å²) in [5.41, 5.74) is 2.48. The Morgan fingerprint density at radius 2 is 1.82 bits per heavy atom. The lowest BCUT2D eigenvalue weighted by atomic mass is 9.89. The summed E-state index contributed by atoms with van der Waals surface area (Å²) in [4.78, 5) is 0. The zero-order valence-electron chi connectivity index (χ0n) is 11.7. The maximum absolute atomic E-state index is 9.84. The molecule has 0 aliphatic carbocycles. The fraction of sp³-hybridized carbons (Fsp3) is 0.250. The first-order valence-electron chi connectivity index (χ1n) is 6.95. The largest absolute Gasteiger partial charge is 0.504 e. The highest BCUT2D eigenvalue weighted by Crippen LogP contribution is 2.43. The number of phenols is 4. The summed E-state index contributed by atoms with van der Waals surface area (Å²) in [5.74, 6) is -0.871. The molecule has 22 heavy (non-hydrogen) atoms. The fourth-order valence-corrected chi connectivity index (χ4v) is 3.21. The number of aromatic hydroxyl groups is 4. The van der Waals surface area contributed by atoms with E-state index in [0.29, 0.717) is 12.8 Å². The summed E-state index contributed by atoms with van der Waals surface area (Å²) in [6, 6.07) is 6.05. The molecule has 1 atom stereocenters. The van der Waals surface area contributed by atoms with E-state index in [4.69, 9.17) is 11.6 Å². The van der Waals surface area contributed by atoms with E-state index in [-0.39, 0.29) is 34.1 Å². The van der Waals surface area contributed by atoms with Crippen molar-refractivity contribution in [3.63, 3.8) is 0 Å². The molecular formula is C16H16ClNO4. The van der Waals surface area contributed by atoms with Gasteiger partial charge in [-0.25, -0.2) is 0 Å². The van der Waals surface area contributed by atoms with Crippen molar-refractivity contribution < 1.29 is 20.4 Å². The third-order valence-electron chi connectivity index (χ3n) is 3.96. The molecule has 1 unspecified atom stereocenters. The van der Waals surface area contributed by atoms with Crippen LogP contribution in [0.2, 0.25) is 5.02 Å². The van der Waals surface area contributed by atoms with E-state index in [1.807, 2.05) is 0 Å². The minimum atomic E-state index is -0.317. The molecule has 0 saturated heterocycles. The number of hydrogen-bond donors (Lipinski definition) is 5. The molecule has 3 rings (SSSR count). The van der Waals surface area contributed by atoms with Crippen LogP contribution in [0.25, 0.3) is 0 Å². The Bertz CT molecular complexity index is 733. The minimum Gasteiger partial charge on any atom is -0.504 e. The molecule has 5 N–H and O–H groups in total. The SMILES string of the molecule is Oc1ccc(CC2NCCc3cc(O)c(O)c(Cl)c32)cc1O. The zero-order chi connectivity index (χ0) is 15.9. The molecule has 0 radical (unpaired) electrons. The van der Waals surface area contributed by atoms with Gasteiger partial charge in [0.2, 0.25) is 0 Å². The molecule has 5 nitrogen and oxygen atoms in total. The van der Waals surface area contributed by atoms with Gasteiger partial charge in [0.25, 0.3) is 0 Å². The first-order valence-corrected chi connectivity index (χ1v) is 7.32. The quantitative estimate of drug-likeness (QED) is 0.548. The highest BCUT2D eigenvalue weighted by atomic mass is 35.5. The standard InChI is InChI=1S/C16H16ClNO4/c17-15-14-9(7-13(21)16(15)22)3-4-18-10(14)5-8-1-2-11(19)12(20)6-8/h1-2,6-7,10,18-22H,3-5H2. The summed E-state index contributed by atoms with van der Waals surface area (Å²) >= 11 is 6.19. The Hall–Kier alpha value is -2.11. The summed E-state index contributed by atoms with van der Waals surface area (Å²) in [6.07, 6.45) is 1.24. The molecule has 0 aromatic heterocycles. The van der Waals surface area contributed by atoms with Crippen LogP contribution in [0.4, 0.5) is 0 Å². The van der Waals surface area contributed by atoms with E-state index in [9.17, 15) is 20.4 Å². The molecule has 0 saturated carbocycles. The summed E-state index contributed by atoms with van der Waals surface area (Å²) < 4.78 is 0. The summed E-state index contributed by atoms with van der Waals surface area (Å²) in [5, 5.41) is 42.0. The number of benzene rings is 2. The number of hydrogen-bond acceptors (Lipinski definition) is 5. The minimum absolute atomic E-state index is 0.147. The lowest BCUT2D eigenvalue weighted by molar-refractivity contribution is 0.398. The first-order chi connectivity index (χ1) is 10.5. The van der Waals surface area contributed by atoms with Gasteiger partial charge in [0, 0.05) is 6.04 Å². The van der Waals surface area contributed by atoms with E-state index in [0.717, 1.165) is 23.2 Å². The van der Waals surface area contributed by atoms with Gasteiger partial charge < -0.3 is 25.7 Å². The number of halogens is 1. The van der Waals surface area contributed by atoms with Gasteiger partial charge in [-0.3, -0.25) is 0 Å². The molecule has 1 aliphatic heterocycles. The molecular weight excluding hydrogens is 306 g/mol. The van der Waals surface area contributed by atoms with E-state index in [1.165, 1.54) is 12.1 Å². The van der Waals surface area contributed by atoms with Crippen molar-refractivity contribution in [2.75, 3.05) is 6.54 Å². The maximum atomic E-state index is 9.84. The average Bonchev–Trinajstić information content (AvgIpc) is 2.49. The first kappa shape index (κ1) is 14.8. The van der Waals surface area contributed by atoms with Crippen molar-refractivity contribution in [2.45, 2.75) is 18.9 Å². The highest BCUT2D eigenvalue weighted by Gasteiger charge is 2.26. The molecule has 116 valence electrons. The predicted octanol–water partition coefficient (Wildman–Crippen LogP) is 2.59. The van der Waals surface area contributed by atoms with E-state index in [1.54, 1.807) is 12.1 Å². The molecule has 1 heterocycles. The van der Waals surface area contributed by atoms with Gasteiger partial charge in [0.15, 0.2) is 23.0 Å². The normalized spacial score (nSPS) is 17.2. The highest BCUT2D eigenvalue weighted by molar-refractivity contribution is 6.33. The van der Waals surface area contributed by atoms with Crippen LogP contribution in [0, 0.1) is 0 Å². The van der Waals surface area contributed by atoms with Crippen LogP contribution in [-0.4, -0.2) is 27.0 Å². The second-order valence-electron chi connectivity index (χ2n) is 5.41. The van der Waals surface area contributed by atoms with Crippen LogP contribution in [-0.2, 0) is 12.8 Å². The number of phenolic OH excluding ortho intramolecular Hbond substituents is 4. The number of nitrogens with one attached hydrogen (secondary N) is 1. The second-order valence-corrected chi connectivity index (χ2v) is 5.79. The molecule has 6 heteroatoms. The van der Waals surface area contributed by atoms with Gasteiger partial charge in [-0.2, -0.15) is 0 Å². The van der Waals surface area contributed by atoms with Crippen molar-refractivity contribution in [3.05, 3.63) is 46.0 Å². The van der Waals surface area contributed by atoms with Crippen molar-refractivity contribution in [3.8, 4) is 23.0 Å². The Morgan fingerprint density at radius 1 is 1.05 bits per heavy atom. The van der Waals surface area contributed by atoms with Crippen molar-refractivity contribution in [2.24, 2.45) is 0 Å². The molecule has 2 aromatic carbocycles. The van der Waals surface area contributed by atoms with Gasteiger partial charge >= 0.3 is 0 Å². The van der Waals surface area contributed by atoms with Crippen LogP contribution in [0.5, 0.6) is 23.0 Å². The molecule has 1 aliphatic rings. The molecule has 0 bridgehead atoms. The van der Waals surface area contributed by atoms with Gasteiger partial charge in [0.05, 0.1) is 5.02 Å². The van der Waals surface area contributed by atoms with Crippen molar-refractivity contribution in [1.82, 2.24) is 5.32 Å².